The molecule has 2 aromatic heterocycles. The van der Waals surface area contributed by atoms with Crippen molar-refractivity contribution >= 4 is 27.4 Å². The predicted octanol–water partition coefficient (Wildman–Crippen LogP) is 4.53. The Bertz CT molecular complexity index is 1070. The van der Waals surface area contributed by atoms with E-state index >= 15 is 0 Å². The van der Waals surface area contributed by atoms with Gasteiger partial charge in [-0.3, -0.25) is 0 Å². The second-order valence-corrected chi connectivity index (χ2v) is 6.79. The molecule has 7 heteroatoms. The Balaban J connectivity index is 1.34. The average Bonchev–Trinajstić information content (AvgIpc) is 3.31. The number of rotatable bonds is 6. The molecule has 0 unspecified atom stereocenters. The van der Waals surface area contributed by atoms with Crippen LogP contribution < -0.4 is 4.74 Å². The first-order valence-corrected chi connectivity index (χ1v) is 9.21. The Morgan fingerprint density at radius 3 is 2.70 bits per heavy atom. The lowest BCUT2D eigenvalue weighted by atomic mass is 10.2. The summed E-state index contributed by atoms with van der Waals surface area (Å²) in [6.45, 7) is 2.17. The molecule has 0 bridgehead atoms. The van der Waals surface area contributed by atoms with Gasteiger partial charge in [0.1, 0.15) is 12.4 Å². The van der Waals surface area contributed by atoms with Crippen molar-refractivity contribution < 1.29 is 18.8 Å². The molecule has 136 valence electrons. The lowest BCUT2D eigenvalue weighted by molar-refractivity contribution is 0.0474. The zero-order valence-corrected chi connectivity index (χ0v) is 15.4. The van der Waals surface area contributed by atoms with Gasteiger partial charge >= 0.3 is 5.97 Å². The minimum absolute atomic E-state index is 0.201. The van der Waals surface area contributed by atoms with Crippen LogP contribution in [0.1, 0.15) is 27.6 Å². The van der Waals surface area contributed by atoms with Crippen molar-refractivity contribution in [2.45, 2.75) is 20.1 Å². The van der Waals surface area contributed by atoms with Gasteiger partial charge < -0.3 is 14.0 Å². The highest BCUT2D eigenvalue weighted by Crippen LogP contribution is 2.26. The number of aromatic nitrogens is 2. The smallest absolute Gasteiger partial charge is 0.338 e. The Morgan fingerprint density at radius 2 is 1.93 bits per heavy atom. The molecule has 0 amide bonds. The van der Waals surface area contributed by atoms with Crippen molar-refractivity contribution in [2.75, 3.05) is 0 Å². The minimum atomic E-state index is -0.370. The molecule has 0 aliphatic carbocycles. The number of ether oxygens (including phenoxy) is 2. The summed E-state index contributed by atoms with van der Waals surface area (Å²) in [6.07, 6.45) is 0. The number of esters is 1. The summed E-state index contributed by atoms with van der Waals surface area (Å²) < 4.78 is 17.1. The van der Waals surface area contributed by atoms with Gasteiger partial charge in [-0.15, -0.1) is 11.3 Å². The highest BCUT2D eigenvalue weighted by Gasteiger charge is 2.10. The molecule has 2 aromatic carbocycles. The molecule has 0 fully saturated rings. The molecule has 6 nitrogen and oxygen atoms in total. The molecule has 0 N–H and O–H groups in total. The summed E-state index contributed by atoms with van der Waals surface area (Å²) in [7, 11) is 0. The summed E-state index contributed by atoms with van der Waals surface area (Å²) in [6, 6.07) is 14.8. The molecule has 0 aliphatic heterocycles. The predicted molar refractivity (Wildman–Crippen MR) is 101 cm³/mol. The van der Waals surface area contributed by atoms with E-state index in [4.69, 9.17) is 14.0 Å². The number of carbonyl (C=O) groups excluding carboxylic acids is 1. The van der Waals surface area contributed by atoms with E-state index < -0.39 is 0 Å². The Hall–Kier alpha value is -3.19. The fourth-order valence-electron chi connectivity index (χ4n) is 2.61. The zero-order valence-electron chi connectivity index (χ0n) is 14.5. The third-order valence-corrected chi connectivity index (χ3v) is 4.96. The van der Waals surface area contributed by atoms with Gasteiger partial charge in [0.05, 0.1) is 5.56 Å². The molecule has 27 heavy (non-hydrogen) atoms. The van der Waals surface area contributed by atoms with E-state index in [9.17, 15) is 4.79 Å². The number of hydrogen-bond acceptors (Lipinski definition) is 7. The number of hydrogen-bond donors (Lipinski definition) is 0. The van der Waals surface area contributed by atoms with Crippen molar-refractivity contribution in [3.8, 4) is 5.75 Å². The fourth-order valence-corrected chi connectivity index (χ4v) is 3.55. The molecule has 2 heterocycles. The number of benzene rings is 2. The van der Waals surface area contributed by atoms with E-state index in [0.717, 1.165) is 10.9 Å². The van der Waals surface area contributed by atoms with Crippen LogP contribution in [-0.2, 0) is 18.0 Å². The maximum absolute atomic E-state index is 12.3. The molecular weight excluding hydrogens is 364 g/mol. The second kappa shape index (κ2) is 7.59. The summed E-state index contributed by atoms with van der Waals surface area (Å²) >= 11 is 1.64. The maximum atomic E-state index is 12.3. The largest absolute Gasteiger partial charge is 0.485 e. The Labute approximate surface area is 159 Å². The normalized spacial score (nSPS) is 10.9. The number of nitrogens with zero attached hydrogens (tertiary/aromatic N) is 2. The monoisotopic (exact) mass is 380 g/mol. The first-order chi connectivity index (χ1) is 13.2. The van der Waals surface area contributed by atoms with Gasteiger partial charge in [0.15, 0.2) is 6.61 Å². The van der Waals surface area contributed by atoms with Crippen LogP contribution in [0.5, 0.6) is 5.75 Å². The molecule has 0 aliphatic rings. The van der Waals surface area contributed by atoms with Crippen LogP contribution >= 0.6 is 11.3 Å². The number of fused-ring (bicyclic) bond motifs is 1. The molecule has 4 rings (SSSR count). The summed E-state index contributed by atoms with van der Waals surface area (Å²) in [5, 5.41) is 6.91. The quantitative estimate of drug-likeness (QED) is 0.458. The number of thiophene rings is 1. The molecule has 0 radical (unpaired) electrons. The Kier molecular flexibility index (Phi) is 4.84. The second-order valence-electron chi connectivity index (χ2n) is 5.88. The van der Waals surface area contributed by atoms with E-state index in [1.807, 2.05) is 23.6 Å². The third-order valence-electron chi connectivity index (χ3n) is 3.95. The first-order valence-electron chi connectivity index (χ1n) is 8.33. The highest BCUT2D eigenvalue weighted by atomic mass is 32.1. The lowest BCUT2D eigenvalue weighted by Crippen LogP contribution is -2.05. The van der Waals surface area contributed by atoms with Crippen LogP contribution in [0, 0.1) is 6.92 Å². The Morgan fingerprint density at radius 1 is 1.11 bits per heavy atom. The van der Waals surface area contributed by atoms with E-state index in [-0.39, 0.29) is 19.2 Å². The summed E-state index contributed by atoms with van der Waals surface area (Å²) in [4.78, 5) is 16.3. The van der Waals surface area contributed by atoms with Crippen LogP contribution in [0.4, 0.5) is 0 Å². The highest BCUT2D eigenvalue weighted by molar-refractivity contribution is 7.17. The SMILES string of the molecule is Cc1nc(COc2ccc(C(=O)OCc3csc4ccccc34)cc2)no1. The number of carbonyl (C=O) groups is 1. The van der Waals surface area contributed by atoms with Gasteiger partial charge in [-0.2, -0.15) is 4.98 Å². The molecule has 0 saturated heterocycles. The van der Waals surface area contributed by atoms with Gasteiger partial charge in [0.2, 0.25) is 11.7 Å². The maximum Gasteiger partial charge on any atom is 0.338 e. The van der Waals surface area contributed by atoms with E-state index in [1.165, 1.54) is 4.70 Å². The van der Waals surface area contributed by atoms with Crippen molar-refractivity contribution in [1.82, 2.24) is 10.1 Å². The minimum Gasteiger partial charge on any atom is -0.485 e. The molecule has 0 saturated carbocycles. The van der Waals surface area contributed by atoms with Gasteiger partial charge in [-0.05, 0) is 41.1 Å². The average molecular weight is 380 g/mol. The lowest BCUT2D eigenvalue weighted by Gasteiger charge is -2.06. The molecule has 0 atom stereocenters. The van der Waals surface area contributed by atoms with Gasteiger partial charge in [0, 0.05) is 17.2 Å². The van der Waals surface area contributed by atoms with Crippen LogP contribution in [0.3, 0.4) is 0 Å². The third kappa shape index (κ3) is 3.98. The zero-order chi connectivity index (χ0) is 18.6. The first kappa shape index (κ1) is 17.2. The summed E-state index contributed by atoms with van der Waals surface area (Å²) in [5.74, 6) is 1.20. The van der Waals surface area contributed by atoms with E-state index in [2.05, 4.69) is 16.2 Å². The van der Waals surface area contributed by atoms with Crippen molar-refractivity contribution in [3.63, 3.8) is 0 Å². The molecular formula is C20H16N2O4S. The standard InChI is InChI=1S/C20H16N2O4S/c1-13-21-19(22-26-13)11-24-16-8-6-14(7-9-16)20(23)25-10-15-12-27-18-5-3-2-4-17(15)18/h2-9,12H,10-11H2,1H3. The molecule has 0 spiro atoms. The van der Waals surface area contributed by atoms with Crippen molar-refractivity contribution in [3.05, 3.63) is 76.8 Å². The van der Waals surface area contributed by atoms with E-state index in [0.29, 0.717) is 23.0 Å². The fraction of sp³-hybridized carbons (Fsp3) is 0.150. The van der Waals surface area contributed by atoms with Gasteiger partial charge in [-0.25, -0.2) is 4.79 Å². The summed E-state index contributed by atoms with van der Waals surface area (Å²) in [5.41, 5.74) is 1.48. The van der Waals surface area contributed by atoms with Gasteiger partial charge in [0.25, 0.3) is 0 Å². The topological polar surface area (TPSA) is 74.5 Å². The van der Waals surface area contributed by atoms with Crippen LogP contribution in [0.2, 0.25) is 0 Å². The van der Waals surface area contributed by atoms with Crippen molar-refractivity contribution in [2.24, 2.45) is 0 Å². The molecule has 4 aromatic rings. The van der Waals surface area contributed by atoms with Crippen LogP contribution in [0.15, 0.2) is 58.4 Å². The van der Waals surface area contributed by atoms with E-state index in [1.54, 1.807) is 42.5 Å². The van der Waals surface area contributed by atoms with Crippen LogP contribution in [0.25, 0.3) is 10.1 Å². The van der Waals surface area contributed by atoms with Gasteiger partial charge in [-0.1, -0.05) is 23.4 Å². The van der Waals surface area contributed by atoms with Crippen molar-refractivity contribution in [1.29, 1.82) is 0 Å². The van der Waals surface area contributed by atoms with Crippen LogP contribution in [-0.4, -0.2) is 16.1 Å². The number of aryl methyl sites for hydroxylation is 1.